The summed E-state index contributed by atoms with van der Waals surface area (Å²) in [4.78, 5) is 24.0. The summed E-state index contributed by atoms with van der Waals surface area (Å²) >= 11 is 11.8. The van der Waals surface area contributed by atoms with Crippen LogP contribution in [0, 0.1) is 12.3 Å². The van der Waals surface area contributed by atoms with E-state index in [1.54, 1.807) is 43.3 Å². The van der Waals surface area contributed by atoms with Gasteiger partial charge < -0.3 is 15.4 Å². The average molecular weight is 391 g/mol. The first kappa shape index (κ1) is 19.6. The first-order valence-electron chi connectivity index (χ1n) is 7.65. The third-order valence-corrected chi connectivity index (χ3v) is 3.83. The topological polar surface area (TPSA) is 67.4 Å². The third kappa shape index (κ3) is 5.69. The highest BCUT2D eigenvalue weighted by atomic mass is 35.5. The molecule has 0 aliphatic rings. The molecule has 0 saturated carbocycles. The normalized spacial score (nSPS) is 11.2. The van der Waals surface area contributed by atoms with Crippen LogP contribution in [-0.2, 0) is 9.59 Å². The van der Waals surface area contributed by atoms with Crippen LogP contribution in [0.3, 0.4) is 0 Å². The van der Waals surface area contributed by atoms with E-state index in [4.69, 9.17) is 34.4 Å². The number of nitrogens with one attached hydrogen (secondary N) is 2. The highest BCUT2D eigenvalue weighted by Crippen LogP contribution is 2.28. The summed E-state index contributed by atoms with van der Waals surface area (Å²) in [6, 6.07) is 11.5. The molecular weight excluding hydrogens is 375 g/mol. The van der Waals surface area contributed by atoms with Gasteiger partial charge in [0.1, 0.15) is 5.75 Å². The SMILES string of the molecule is C#Cc1cccc(NC(=O)CNC(=O)C(C)Oc2ccc(Cl)cc2Cl)c1. The fourth-order valence-electron chi connectivity index (χ4n) is 2.02. The third-order valence-electron chi connectivity index (χ3n) is 3.30. The average Bonchev–Trinajstić information content (AvgIpc) is 2.62. The summed E-state index contributed by atoms with van der Waals surface area (Å²) in [6.45, 7) is 1.34. The van der Waals surface area contributed by atoms with Gasteiger partial charge in [0.2, 0.25) is 5.91 Å². The number of ether oxygens (including phenoxy) is 1. The van der Waals surface area contributed by atoms with Crippen molar-refractivity contribution in [1.82, 2.24) is 5.32 Å². The lowest BCUT2D eigenvalue weighted by atomic mass is 10.2. The number of carbonyl (C=O) groups excluding carboxylic acids is 2. The molecule has 26 heavy (non-hydrogen) atoms. The minimum absolute atomic E-state index is 0.207. The number of anilines is 1. The molecule has 5 nitrogen and oxygen atoms in total. The van der Waals surface area contributed by atoms with E-state index in [0.29, 0.717) is 27.0 Å². The highest BCUT2D eigenvalue weighted by Gasteiger charge is 2.17. The Kier molecular flexibility index (Phi) is 6.90. The van der Waals surface area contributed by atoms with Gasteiger partial charge in [-0.05, 0) is 43.3 Å². The minimum atomic E-state index is -0.841. The van der Waals surface area contributed by atoms with Crippen LogP contribution in [0.2, 0.25) is 10.0 Å². The predicted molar refractivity (Wildman–Crippen MR) is 103 cm³/mol. The summed E-state index contributed by atoms with van der Waals surface area (Å²) in [6.07, 6.45) is 4.47. The predicted octanol–water partition coefficient (Wildman–Crippen LogP) is 3.50. The Hall–Kier alpha value is -2.68. The number of terminal acetylenes is 1. The molecule has 2 aromatic carbocycles. The van der Waals surface area contributed by atoms with Gasteiger partial charge in [0.25, 0.3) is 5.91 Å². The Bertz CT molecular complexity index is 862. The Morgan fingerprint density at radius 1 is 1.23 bits per heavy atom. The van der Waals surface area contributed by atoms with Crippen molar-refractivity contribution < 1.29 is 14.3 Å². The van der Waals surface area contributed by atoms with Crippen LogP contribution in [0.5, 0.6) is 5.75 Å². The molecule has 1 atom stereocenters. The molecule has 2 rings (SSSR count). The van der Waals surface area contributed by atoms with Crippen LogP contribution in [0.15, 0.2) is 42.5 Å². The minimum Gasteiger partial charge on any atom is -0.479 e. The quantitative estimate of drug-likeness (QED) is 0.741. The second-order valence-electron chi connectivity index (χ2n) is 5.33. The molecule has 0 fully saturated rings. The number of hydrogen-bond acceptors (Lipinski definition) is 3. The summed E-state index contributed by atoms with van der Waals surface area (Å²) in [5.41, 5.74) is 1.20. The van der Waals surface area contributed by atoms with Crippen LogP contribution >= 0.6 is 23.2 Å². The van der Waals surface area contributed by atoms with Gasteiger partial charge in [0, 0.05) is 16.3 Å². The van der Waals surface area contributed by atoms with Crippen molar-refractivity contribution in [2.24, 2.45) is 0 Å². The number of rotatable bonds is 6. The van der Waals surface area contributed by atoms with Crippen molar-refractivity contribution in [2.45, 2.75) is 13.0 Å². The molecule has 0 heterocycles. The molecule has 0 aliphatic heterocycles. The van der Waals surface area contributed by atoms with Crippen molar-refractivity contribution >= 4 is 40.7 Å². The lowest BCUT2D eigenvalue weighted by Gasteiger charge is -2.15. The van der Waals surface area contributed by atoms with Crippen molar-refractivity contribution in [3.05, 3.63) is 58.1 Å². The van der Waals surface area contributed by atoms with Gasteiger partial charge in [0.05, 0.1) is 11.6 Å². The Labute approximate surface area is 161 Å². The molecular formula is C19H16Cl2N2O3. The van der Waals surface area contributed by atoms with Crippen LogP contribution in [0.25, 0.3) is 0 Å². The number of carbonyl (C=O) groups is 2. The summed E-state index contributed by atoms with van der Waals surface area (Å²) in [5, 5.41) is 5.90. The largest absolute Gasteiger partial charge is 0.479 e. The molecule has 0 aromatic heterocycles. The van der Waals surface area contributed by atoms with E-state index in [1.165, 1.54) is 6.07 Å². The molecule has 0 saturated heterocycles. The van der Waals surface area contributed by atoms with Crippen molar-refractivity contribution in [1.29, 1.82) is 0 Å². The number of halogens is 2. The zero-order chi connectivity index (χ0) is 19.1. The first-order chi connectivity index (χ1) is 12.4. The fraction of sp³-hybridized carbons (Fsp3) is 0.158. The second-order valence-corrected chi connectivity index (χ2v) is 6.17. The highest BCUT2D eigenvalue weighted by molar-refractivity contribution is 6.35. The monoisotopic (exact) mass is 390 g/mol. The van der Waals surface area contributed by atoms with Crippen molar-refractivity contribution in [3.8, 4) is 18.1 Å². The maximum absolute atomic E-state index is 12.1. The van der Waals surface area contributed by atoms with E-state index in [2.05, 4.69) is 16.6 Å². The van der Waals surface area contributed by atoms with E-state index < -0.39 is 12.0 Å². The lowest BCUT2D eigenvalue weighted by molar-refractivity contribution is -0.129. The van der Waals surface area contributed by atoms with Gasteiger partial charge in [-0.1, -0.05) is 35.2 Å². The molecule has 0 bridgehead atoms. The Morgan fingerprint density at radius 3 is 2.69 bits per heavy atom. The van der Waals surface area contributed by atoms with E-state index in [0.717, 1.165) is 0 Å². The second kappa shape index (κ2) is 9.14. The molecule has 134 valence electrons. The van der Waals surface area contributed by atoms with Crippen LogP contribution < -0.4 is 15.4 Å². The summed E-state index contributed by atoms with van der Waals surface area (Å²) < 4.78 is 5.49. The van der Waals surface area contributed by atoms with Crippen LogP contribution in [0.1, 0.15) is 12.5 Å². The number of hydrogen-bond donors (Lipinski definition) is 2. The van der Waals surface area contributed by atoms with Gasteiger partial charge >= 0.3 is 0 Å². The fourth-order valence-corrected chi connectivity index (χ4v) is 2.47. The summed E-state index contributed by atoms with van der Waals surface area (Å²) in [7, 11) is 0. The zero-order valence-electron chi connectivity index (χ0n) is 13.9. The molecule has 0 spiro atoms. The van der Waals surface area contributed by atoms with E-state index in [-0.39, 0.29) is 12.5 Å². The van der Waals surface area contributed by atoms with Crippen LogP contribution in [0.4, 0.5) is 5.69 Å². The smallest absolute Gasteiger partial charge is 0.261 e. The maximum atomic E-state index is 12.1. The molecule has 7 heteroatoms. The van der Waals surface area contributed by atoms with Gasteiger partial charge in [-0.15, -0.1) is 6.42 Å². The molecule has 2 N–H and O–H groups in total. The molecule has 0 radical (unpaired) electrons. The van der Waals surface area contributed by atoms with Gasteiger partial charge in [-0.2, -0.15) is 0 Å². The van der Waals surface area contributed by atoms with Crippen molar-refractivity contribution in [3.63, 3.8) is 0 Å². The first-order valence-corrected chi connectivity index (χ1v) is 8.40. The van der Waals surface area contributed by atoms with E-state index in [1.807, 2.05) is 0 Å². The molecule has 1 unspecified atom stereocenters. The number of benzene rings is 2. The van der Waals surface area contributed by atoms with Gasteiger partial charge in [0.15, 0.2) is 6.10 Å². The van der Waals surface area contributed by atoms with Crippen LogP contribution in [-0.4, -0.2) is 24.5 Å². The van der Waals surface area contributed by atoms with E-state index in [9.17, 15) is 9.59 Å². The zero-order valence-corrected chi connectivity index (χ0v) is 15.4. The standard InChI is InChI=1S/C19H16Cl2N2O3/c1-3-13-5-4-6-15(9-13)23-18(24)11-22-19(25)12(2)26-17-8-7-14(20)10-16(17)21/h1,4-10,12H,11H2,2H3,(H,22,25)(H,23,24). The molecule has 2 aromatic rings. The summed E-state index contributed by atoms with van der Waals surface area (Å²) in [5.74, 6) is 1.97. The van der Waals surface area contributed by atoms with Gasteiger partial charge in [-0.3, -0.25) is 9.59 Å². The number of amides is 2. The van der Waals surface area contributed by atoms with E-state index >= 15 is 0 Å². The Balaban J connectivity index is 1.85. The maximum Gasteiger partial charge on any atom is 0.261 e. The lowest BCUT2D eigenvalue weighted by Crippen LogP contribution is -2.40. The van der Waals surface area contributed by atoms with Crippen molar-refractivity contribution in [2.75, 3.05) is 11.9 Å². The van der Waals surface area contributed by atoms with Gasteiger partial charge in [-0.25, -0.2) is 0 Å². The Morgan fingerprint density at radius 2 is 2.00 bits per heavy atom. The molecule has 2 amide bonds. The molecule has 0 aliphatic carbocycles.